The van der Waals surface area contributed by atoms with Gasteiger partial charge in [-0.2, -0.15) is 0 Å². The number of hydrogen-bond acceptors (Lipinski definition) is 5. The molecule has 1 N–H and O–H groups in total. The van der Waals surface area contributed by atoms with Gasteiger partial charge in [-0.05, 0) is 13.8 Å². The Morgan fingerprint density at radius 1 is 1.42 bits per heavy atom. The van der Waals surface area contributed by atoms with E-state index in [0.29, 0.717) is 24.6 Å². The average molecular weight is 271 g/mol. The van der Waals surface area contributed by atoms with Crippen LogP contribution in [0.2, 0.25) is 0 Å². The van der Waals surface area contributed by atoms with Crippen molar-refractivity contribution in [2.45, 2.75) is 26.7 Å². The van der Waals surface area contributed by atoms with Crippen molar-refractivity contribution in [2.75, 3.05) is 27.4 Å². The van der Waals surface area contributed by atoms with Crippen LogP contribution < -0.4 is 10.1 Å². The minimum Gasteiger partial charge on any atom is -0.476 e. The van der Waals surface area contributed by atoms with Crippen molar-refractivity contribution in [2.24, 2.45) is 0 Å². The van der Waals surface area contributed by atoms with Gasteiger partial charge in [-0.3, -0.25) is 9.48 Å². The molecule has 0 aliphatic rings. The Labute approximate surface area is 112 Å². The first kappa shape index (κ1) is 15.5. The molecule has 19 heavy (non-hydrogen) atoms. The van der Waals surface area contributed by atoms with E-state index in [4.69, 9.17) is 14.2 Å². The number of methoxy groups -OCH3 is 2. The van der Waals surface area contributed by atoms with E-state index in [1.807, 2.05) is 13.8 Å². The zero-order chi connectivity index (χ0) is 14.3. The van der Waals surface area contributed by atoms with Gasteiger partial charge in [-0.15, -0.1) is 5.10 Å². The van der Waals surface area contributed by atoms with Crippen molar-refractivity contribution in [1.82, 2.24) is 15.1 Å². The molecule has 0 fully saturated rings. The van der Waals surface area contributed by atoms with Crippen molar-refractivity contribution in [3.8, 4) is 5.88 Å². The second-order valence-electron chi connectivity index (χ2n) is 3.75. The molecule has 108 valence electrons. The number of hydrogen-bond donors (Lipinski definition) is 1. The Kier molecular flexibility index (Phi) is 6.31. The van der Waals surface area contributed by atoms with Crippen LogP contribution in [0.15, 0.2) is 6.20 Å². The summed E-state index contributed by atoms with van der Waals surface area (Å²) in [4.78, 5) is 12.1. The number of aromatic nitrogens is 2. The molecular formula is C12H21N3O4. The molecular weight excluding hydrogens is 250 g/mol. The fourth-order valence-electron chi connectivity index (χ4n) is 1.50. The molecule has 0 saturated carbocycles. The van der Waals surface area contributed by atoms with Crippen LogP contribution in [0.4, 0.5) is 0 Å². The molecule has 1 aromatic rings. The Morgan fingerprint density at radius 2 is 2.11 bits per heavy atom. The third kappa shape index (κ3) is 4.22. The number of carbonyl (C=O) groups is 1. The standard InChI is InChI=1S/C12H21N3O4/c1-5-15-8-9(12(14-15)19-6-2)11(16)13-7-10(17-3)18-4/h8,10H,5-7H2,1-4H3,(H,13,16). The molecule has 0 unspecified atom stereocenters. The fraction of sp³-hybridized carbons (Fsp3) is 0.667. The Hall–Kier alpha value is -1.60. The van der Waals surface area contributed by atoms with E-state index in [9.17, 15) is 4.79 Å². The van der Waals surface area contributed by atoms with Gasteiger partial charge in [0.15, 0.2) is 6.29 Å². The van der Waals surface area contributed by atoms with Gasteiger partial charge < -0.3 is 19.5 Å². The second kappa shape index (κ2) is 7.75. The fourth-order valence-corrected chi connectivity index (χ4v) is 1.50. The number of rotatable bonds is 8. The van der Waals surface area contributed by atoms with Gasteiger partial charge >= 0.3 is 0 Å². The minimum atomic E-state index is -0.472. The summed E-state index contributed by atoms with van der Waals surface area (Å²) in [6, 6.07) is 0. The molecule has 0 aliphatic carbocycles. The molecule has 0 aromatic carbocycles. The number of carbonyl (C=O) groups excluding carboxylic acids is 1. The summed E-state index contributed by atoms with van der Waals surface area (Å²) in [5.74, 6) is 0.0792. The van der Waals surface area contributed by atoms with E-state index < -0.39 is 6.29 Å². The summed E-state index contributed by atoms with van der Waals surface area (Å²) >= 11 is 0. The number of nitrogens with zero attached hydrogens (tertiary/aromatic N) is 2. The molecule has 1 aromatic heterocycles. The molecule has 0 saturated heterocycles. The third-order valence-corrected chi connectivity index (χ3v) is 2.53. The maximum absolute atomic E-state index is 12.1. The van der Waals surface area contributed by atoms with E-state index in [-0.39, 0.29) is 12.5 Å². The van der Waals surface area contributed by atoms with Crippen LogP contribution >= 0.6 is 0 Å². The first-order valence-corrected chi connectivity index (χ1v) is 6.20. The molecule has 7 nitrogen and oxygen atoms in total. The monoisotopic (exact) mass is 271 g/mol. The van der Waals surface area contributed by atoms with E-state index in [1.165, 1.54) is 14.2 Å². The average Bonchev–Trinajstić information content (AvgIpc) is 2.83. The van der Waals surface area contributed by atoms with Crippen molar-refractivity contribution >= 4 is 5.91 Å². The van der Waals surface area contributed by atoms with Crippen LogP contribution in [0.25, 0.3) is 0 Å². The van der Waals surface area contributed by atoms with Gasteiger partial charge in [-0.1, -0.05) is 0 Å². The van der Waals surface area contributed by atoms with Crippen molar-refractivity contribution in [1.29, 1.82) is 0 Å². The summed E-state index contributed by atoms with van der Waals surface area (Å²) in [6.07, 6.45) is 1.19. The lowest BCUT2D eigenvalue weighted by atomic mass is 10.3. The number of amides is 1. The summed E-state index contributed by atoms with van der Waals surface area (Å²) in [5.41, 5.74) is 0.412. The van der Waals surface area contributed by atoms with Gasteiger partial charge in [0, 0.05) is 27.0 Å². The lowest BCUT2D eigenvalue weighted by Crippen LogP contribution is -2.34. The highest BCUT2D eigenvalue weighted by molar-refractivity contribution is 5.96. The van der Waals surface area contributed by atoms with Crippen LogP contribution in [0, 0.1) is 0 Å². The van der Waals surface area contributed by atoms with E-state index >= 15 is 0 Å². The number of nitrogens with one attached hydrogen (secondary N) is 1. The maximum atomic E-state index is 12.1. The number of ether oxygens (including phenoxy) is 3. The number of aryl methyl sites for hydroxylation is 1. The van der Waals surface area contributed by atoms with Crippen LogP contribution in [0.5, 0.6) is 5.88 Å². The van der Waals surface area contributed by atoms with Crippen LogP contribution in [0.1, 0.15) is 24.2 Å². The minimum absolute atomic E-state index is 0.259. The SMILES string of the molecule is CCOc1nn(CC)cc1C(=O)NCC(OC)OC. The van der Waals surface area contributed by atoms with E-state index in [2.05, 4.69) is 10.4 Å². The van der Waals surface area contributed by atoms with Gasteiger partial charge in [0.2, 0.25) is 5.88 Å². The molecule has 0 spiro atoms. The molecule has 7 heteroatoms. The molecule has 0 aliphatic heterocycles. The Bertz CT molecular complexity index is 402. The summed E-state index contributed by atoms with van der Waals surface area (Å²) in [5, 5.41) is 6.89. The highest BCUT2D eigenvalue weighted by Gasteiger charge is 2.18. The third-order valence-electron chi connectivity index (χ3n) is 2.53. The first-order chi connectivity index (χ1) is 9.15. The maximum Gasteiger partial charge on any atom is 0.258 e. The summed E-state index contributed by atoms with van der Waals surface area (Å²) < 4.78 is 17.0. The smallest absolute Gasteiger partial charge is 0.258 e. The predicted molar refractivity (Wildman–Crippen MR) is 69.2 cm³/mol. The second-order valence-corrected chi connectivity index (χ2v) is 3.75. The zero-order valence-corrected chi connectivity index (χ0v) is 11.8. The van der Waals surface area contributed by atoms with Gasteiger partial charge in [0.1, 0.15) is 5.56 Å². The summed E-state index contributed by atoms with van der Waals surface area (Å²) in [7, 11) is 3.03. The van der Waals surface area contributed by atoms with Crippen molar-refractivity contribution in [3.05, 3.63) is 11.8 Å². The Morgan fingerprint density at radius 3 is 2.63 bits per heavy atom. The highest BCUT2D eigenvalue weighted by atomic mass is 16.7. The lowest BCUT2D eigenvalue weighted by molar-refractivity contribution is -0.0974. The quantitative estimate of drug-likeness (QED) is 0.703. The lowest BCUT2D eigenvalue weighted by Gasteiger charge is -2.13. The topological polar surface area (TPSA) is 74.6 Å². The van der Waals surface area contributed by atoms with Gasteiger partial charge in [-0.25, -0.2) is 0 Å². The predicted octanol–water partition coefficient (Wildman–Crippen LogP) is 0.650. The zero-order valence-electron chi connectivity index (χ0n) is 11.8. The molecule has 0 atom stereocenters. The molecule has 0 radical (unpaired) electrons. The van der Waals surface area contributed by atoms with E-state index in [1.54, 1.807) is 10.9 Å². The van der Waals surface area contributed by atoms with Crippen LogP contribution in [-0.4, -0.2) is 49.3 Å². The van der Waals surface area contributed by atoms with Crippen molar-refractivity contribution < 1.29 is 19.0 Å². The largest absolute Gasteiger partial charge is 0.476 e. The molecule has 1 rings (SSSR count). The molecule has 0 bridgehead atoms. The molecule has 1 heterocycles. The van der Waals surface area contributed by atoms with Crippen molar-refractivity contribution in [3.63, 3.8) is 0 Å². The van der Waals surface area contributed by atoms with Gasteiger partial charge in [0.05, 0.1) is 13.2 Å². The molecule has 1 amide bonds. The van der Waals surface area contributed by atoms with E-state index in [0.717, 1.165) is 0 Å². The normalized spacial score (nSPS) is 10.8. The summed E-state index contributed by atoms with van der Waals surface area (Å²) in [6.45, 7) is 5.18. The first-order valence-electron chi connectivity index (χ1n) is 6.20. The highest BCUT2D eigenvalue weighted by Crippen LogP contribution is 2.15. The van der Waals surface area contributed by atoms with Gasteiger partial charge in [0.25, 0.3) is 5.91 Å². The Balaban J connectivity index is 2.72. The van der Waals surface area contributed by atoms with Crippen LogP contribution in [-0.2, 0) is 16.0 Å². The van der Waals surface area contributed by atoms with Crippen LogP contribution in [0.3, 0.4) is 0 Å².